The van der Waals surface area contributed by atoms with Gasteiger partial charge < -0.3 is 20.1 Å². The summed E-state index contributed by atoms with van der Waals surface area (Å²) in [6.07, 6.45) is -4.36. The van der Waals surface area contributed by atoms with E-state index in [0.29, 0.717) is 36.2 Å². The van der Waals surface area contributed by atoms with Gasteiger partial charge in [0.25, 0.3) is 0 Å². The van der Waals surface area contributed by atoms with Gasteiger partial charge in [0.2, 0.25) is 5.91 Å². The van der Waals surface area contributed by atoms with Crippen LogP contribution in [0.5, 0.6) is 0 Å². The van der Waals surface area contributed by atoms with Crippen LogP contribution in [0.1, 0.15) is 63.5 Å². The molecule has 1 atom stereocenters. The molecule has 0 bridgehead atoms. The molecule has 2 N–H and O–H groups in total. The Bertz CT molecular complexity index is 1620. The Morgan fingerprint density at radius 2 is 1.58 bits per heavy atom. The van der Waals surface area contributed by atoms with Crippen LogP contribution in [-0.4, -0.2) is 38.7 Å². The van der Waals surface area contributed by atoms with Crippen molar-refractivity contribution < 1.29 is 32.2 Å². The van der Waals surface area contributed by atoms with Crippen LogP contribution in [0.3, 0.4) is 0 Å². The molecule has 45 heavy (non-hydrogen) atoms. The maximum absolute atomic E-state index is 13.3. The van der Waals surface area contributed by atoms with E-state index in [1.807, 2.05) is 24.3 Å². The molecule has 6 nitrogen and oxygen atoms in total. The first-order valence-corrected chi connectivity index (χ1v) is 14.9. The van der Waals surface area contributed by atoms with E-state index in [2.05, 4.69) is 34.9 Å². The molecule has 0 aromatic heterocycles. The summed E-state index contributed by atoms with van der Waals surface area (Å²) in [4.78, 5) is 25.7. The number of hydrogen-bond donors (Lipinski definition) is 2. The van der Waals surface area contributed by atoms with E-state index in [1.54, 1.807) is 31.2 Å². The number of carbonyl (C=O) groups is 2. The fourth-order valence-corrected chi connectivity index (χ4v) is 5.82. The maximum Gasteiger partial charge on any atom is 0.416 e. The number of amides is 1. The quantitative estimate of drug-likeness (QED) is 0.161. The summed E-state index contributed by atoms with van der Waals surface area (Å²) in [5, 5.41) is 6.20. The fourth-order valence-electron chi connectivity index (χ4n) is 5.82. The standard InChI is InChI=1S/C36H35F3N2O4/c1-3-45-35(43)30-16-15-23(19-32(30)41-22-33(44-2)24-9-8-10-25(20-24)36(37,38)39)17-18-40-34(42)21-31-28-13-6-4-11-26(28)27-12-5-7-14-29(27)31/h4-16,19-20,31,33,41H,3,17-18,21-22H2,1-2H3,(H,40,42). The van der Waals surface area contributed by atoms with Crippen LogP contribution < -0.4 is 10.6 Å². The minimum atomic E-state index is -4.48. The monoisotopic (exact) mass is 616 g/mol. The Kier molecular flexibility index (Phi) is 9.88. The number of nitrogens with one attached hydrogen (secondary N) is 2. The van der Waals surface area contributed by atoms with Gasteiger partial charge in [0.1, 0.15) is 0 Å². The molecule has 0 aliphatic heterocycles. The van der Waals surface area contributed by atoms with Crippen molar-refractivity contribution in [2.75, 3.05) is 32.1 Å². The largest absolute Gasteiger partial charge is 0.462 e. The molecule has 9 heteroatoms. The Morgan fingerprint density at radius 3 is 2.22 bits per heavy atom. The predicted octanol–water partition coefficient (Wildman–Crippen LogP) is 7.54. The van der Waals surface area contributed by atoms with Gasteiger partial charge in [0.05, 0.1) is 23.8 Å². The minimum absolute atomic E-state index is 0.0115. The van der Waals surface area contributed by atoms with Crippen molar-refractivity contribution in [1.82, 2.24) is 5.32 Å². The highest BCUT2D eigenvalue weighted by Crippen LogP contribution is 2.46. The van der Waals surface area contributed by atoms with Crippen molar-refractivity contribution >= 4 is 17.6 Å². The van der Waals surface area contributed by atoms with Gasteiger partial charge in [-0.1, -0.05) is 66.7 Å². The Morgan fingerprint density at radius 1 is 0.889 bits per heavy atom. The van der Waals surface area contributed by atoms with Crippen LogP contribution in [0.15, 0.2) is 91.0 Å². The van der Waals surface area contributed by atoms with Gasteiger partial charge in [-0.05, 0) is 71.0 Å². The number of methoxy groups -OCH3 is 1. The van der Waals surface area contributed by atoms with Gasteiger partial charge in [0.15, 0.2) is 0 Å². The van der Waals surface area contributed by atoms with Crippen molar-refractivity contribution in [3.05, 3.63) is 124 Å². The lowest BCUT2D eigenvalue weighted by molar-refractivity contribution is -0.137. The number of esters is 1. The predicted molar refractivity (Wildman–Crippen MR) is 167 cm³/mol. The zero-order chi connectivity index (χ0) is 32.0. The second-order valence-electron chi connectivity index (χ2n) is 10.9. The molecule has 0 saturated heterocycles. The summed E-state index contributed by atoms with van der Waals surface area (Å²) in [7, 11) is 1.42. The van der Waals surface area contributed by atoms with Crippen molar-refractivity contribution in [3.63, 3.8) is 0 Å². The van der Waals surface area contributed by atoms with Crippen LogP contribution in [0.2, 0.25) is 0 Å². The molecule has 4 aromatic carbocycles. The van der Waals surface area contributed by atoms with Gasteiger partial charge in [-0.15, -0.1) is 0 Å². The average Bonchev–Trinajstić information content (AvgIpc) is 3.34. The van der Waals surface area contributed by atoms with Crippen LogP contribution in [0.4, 0.5) is 18.9 Å². The molecule has 0 heterocycles. The smallest absolute Gasteiger partial charge is 0.416 e. The first-order valence-electron chi connectivity index (χ1n) is 14.9. The number of carbonyl (C=O) groups excluding carboxylic acids is 2. The number of anilines is 1. The van der Waals surface area contributed by atoms with Gasteiger partial charge in [0, 0.05) is 38.2 Å². The van der Waals surface area contributed by atoms with E-state index < -0.39 is 23.8 Å². The van der Waals surface area contributed by atoms with Gasteiger partial charge in [-0.25, -0.2) is 4.79 Å². The highest BCUT2D eigenvalue weighted by atomic mass is 19.4. The molecule has 5 rings (SSSR count). The van der Waals surface area contributed by atoms with E-state index in [0.717, 1.165) is 39.9 Å². The third-order valence-electron chi connectivity index (χ3n) is 8.02. The highest BCUT2D eigenvalue weighted by molar-refractivity contribution is 5.95. The van der Waals surface area contributed by atoms with E-state index in [9.17, 15) is 22.8 Å². The number of rotatable bonds is 12. The second-order valence-corrected chi connectivity index (χ2v) is 10.9. The lowest BCUT2D eigenvalue weighted by Crippen LogP contribution is -2.27. The van der Waals surface area contributed by atoms with E-state index >= 15 is 0 Å². The van der Waals surface area contributed by atoms with E-state index in [1.165, 1.54) is 13.2 Å². The average molecular weight is 617 g/mol. The fraction of sp³-hybridized carbons (Fsp3) is 0.278. The third kappa shape index (κ3) is 7.37. The van der Waals surface area contributed by atoms with Crippen molar-refractivity contribution in [2.24, 2.45) is 0 Å². The SMILES string of the molecule is CCOC(=O)c1ccc(CCNC(=O)CC2c3ccccc3-c3ccccc32)cc1NCC(OC)c1cccc(C(F)(F)F)c1. The summed E-state index contributed by atoms with van der Waals surface area (Å²) >= 11 is 0. The number of fused-ring (bicyclic) bond motifs is 3. The molecule has 1 aliphatic rings. The molecule has 4 aromatic rings. The first-order chi connectivity index (χ1) is 21.7. The molecule has 0 fully saturated rings. The summed E-state index contributed by atoms with van der Waals surface area (Å²) < 4.78 is 50.6. The maximum atomic E-state index is 13.3. The summed E-state index contributed by atoms with van der Waals surface area (Å²) in [5.74, 6) is -0.593. The highest BCUT2D eigenvalue weighted by Gasteiger charge is 2.31. The van der Waals surface area contributed by atoms with Crippen molar-refractivity contribution in [3.8, 4) is 11.1 Å². The first kappa shape index (κ1) is 31.8. The molecule has 0 spiro atoms. The number of ether oxygens (including phenoxy) is 2. The lowest BCUT2D eigenvalue weighted by Gasteiger charge is -2.20. The molecule has 0 saturated carbocycles. The van der Waals surface area contributed by atoms with Gasteiger partial charge >= 0.3 is 12.1 Å². The Hall–Kier alpha value is -4.63. The molecular formula is C36H35F3N2O4. The normalized spacial score (nSPS) is 13.1. The van der Waals surface area contributed by atoms with Crippen LogP contribution in [-0.2, 0) is 26.9 Å². The van der Waals surface area contributed by atoms with Gasteiger partial charge in [-0.3, -0.25) is 4.79 Å². The Labute approximate surface area is 260 Å². The molecule has 1 aliphatic carbocycles. The van der Waals surface area contributed by atoms with Crippen molar-refractivity contribution in [2.45, 2.75) is 38.0 Å². The van der Waals surface area contributed by atoms with Crippen LogP contribution in [0.25, 0.3) is 11.1 Å². The zero-order valence-corrected chi connectivity index (χ0v) is 25.1. The summed E-state index contributed by atoms with van der Waals surface area (Å²) in [5.41, 5.74) is 5.83. The third-order valence-corrected chi connectivity index (χ3v) is 8.02. The number of benzene rings is 4. The van der Waals surface area contributed by atoms with E-state index in [4.69, 9.17) is 9.47 Å². The zero-order valence-electron chi connectivity index (χ0n) is 25.1. The number of hydrogen-bond acceptors (Lipinski definition) is 5. The lowest BCUT2D eigenvalue weighted by atomic mass is 9.93. The summed E-state index contributed by atoms with van der Waals surface area (Å²) in [6.45, 7) is 2.39. The second kappa shape index (κ2) is 14.0. The number of halogens is 3. The van der Waals surface area contributed by atoms with Crippen LogP contribution >= 0.6 is 0 Å². The topological polar surface area (TPSA) is 76.7 Å². The van der Waals surface area contributed by atoms with Crippen LogP contribution in [0, 0.1) is 0 Å². The van der Waals surface area contributed by atoms with E-state index in [-0.39, 0.29) is 25.0 Å². The van der Waals surface area contributed by atoms with Gasteiger partial charge in [-0.2, -0.15) is 13.2 Å². The Balaban J connectivity index is 1.25. The molecule has 1 amide bonds. The molecular weight excluding hydrogens is 581 g/mol. The van der Waals surface area contributed by atoms with Crippen molar-refractivity contribution in [1.29, 1.82) is 0 Å². The molecule has 0 radical (unpaired) electrons. The molecule has 234 valence electrons. The number of alkyl halides is 3. The summed E-state index contributed by atoms with van der Waals surface area (Å²) in [6, 6.07) is 26.6. The minimum Gasteiger partial charge on any atom is -0.462 e. The molecule has 1 unspecified atom stereocenters.